The maximum absolute atomic E-state index is 12.8. The van der Waals surface area contributed by atoms with Crippen LogP contribution in [-0.2, 0) is 0 Å². The number of rotatable bonds is 3. The highest BCUT2D eigenvalue weighted by molar-refractivity contribution is 6.05. The minimum Gasteiger partial charge on any atom is -0.354 e. The first-order valence-corrected chi connectivity index (χ1v) is 8.54. The van der Waals surface area contributed by atoms with Crippen LogP contribution in [-0.4, -0.2) is 35.0 Å². The zero-order valence-corrected chi connectivity index (χ0v) is 14.1. The molecule has 5 nitrogen and oxygen atoms in total. The first kappa shape index (κ1) is 15.6. The van der Waals surface area contributed by atoms with E-state index in [-0.39, 0.29) is 11.9 Å². The van der Waals surface area contributed by atoms with Crippen molar-refractivity contribution in [2.24, 2.45) is 0 Å². The van der Waals surface area contributed by atoms with Crippen molar-refractivity contribution in [3.05, 3.63) is 66.0 Å². The molecule has 3 heterocycles. The molecule has 1 saturated heterocycles. The minimum absolute atomic E-state index is 0.0587. The molecule has 1 atom stereocenters. The van der Waals surface area contributed by atoms with E-state index in [9.17, 15) is 4.79 Å². The monoisotopic (exact) mass is 332 g/mol. The summed E-state index contributed by atoms with van der Waals surface area (Å²) in [7, 11) is 0. The summed E-state index contributed by atoms with van der Waals surface area (Å²) >= 11 is 0. The van der Waals surface area contributed by atoms with Gasteiger partial charge in [-0.15, -0.1) is 0 Å². The Bertz CT molecular complexity index is 910. The van der Waals surface area contributed by atoms with Gasteiger partial charge < -0.3 is 10.2 Å². The molecule has 0 bridgehead atoms. The van der Waals surface area contributed by atoms with Crippen molar-refractivity contribution >= 4 is 22.6 Å². The number of aromatic nitrogens is 2. The fourth-order valence-electron chi connectivity index (χ4n) is 3.32. The van der Waals surface area contributed by atoms with Crippen LogP contribution in [0.5, 0.6) is 0 Å². The van der Waals surface area contributed by atoms with E-state index in [0.29, 0.717) is 5.56 Å². The van der Waals surface area contributed by atoms with Crippen molar-refractivity contribution in [1.82, 2.24) is 15.3 Å². The van der Waals surface area contributed by atoms with E-state index in [4.69, 9.17) is 0 Å². The fraction of sp³-hybridized carbons (Fsp3) is 0.250. The number of aryl methyl sites for hydroxylation is 1. The van der Waals surface area contributed by atoms with Crippen LogP contribution < -0.4 is 10.2 Å². The summed E-state index contributed by atoms with van der Waals surface area (Å²) in [6.45, 7) is 3.62. The molecule has 0 aliphatic carbocycles. The van der Waals surface area contributed by atoms with Gasteiger partial charge in [0, 0.05) is 36.4 Å². The molecule has 0 radical (unpaired) electrons. The Labute approximate surface area is 146 Å². The van der Waals surface area contributed by atoms with E-state index >= 15 is 0 Å². The highest BCUT2D eigenvalue weighted by Crippen LogP contribution is 2.20. The van der Waals surface area contributed by atoms with Gasteiger partial charge in [0.05, 0.1) is 11.1 Å². The van der Waals surface area contributed by atoms with Gasteiger partial charge in [0.15, 0.2) is 0 Å². The number of nitrogens with one attached hydrogen (secondary N) is 1. The molecule has 1 aliphatic heterocycles. The molecule has 4 rings (SSSR count). The fourth-order valence-corrected chi connectivity index (χ4v) is 3.32. The lowest BCUT2D eigenvalue weighted by molar-refractivity contribution is 0.0942. The summed E-state index contributed by atoms with van der Waals surface area (Å²) in [6.07, 6.45) is 2.71. The van der Waals surface area contributed by atoms with Gasteiger partial charge >= 0.3 is 0 Å². The topological polar surface area (TPSA) is 58.1 Å². The number of anilines is 1. The van der Waals surface area contributed by atoms with E-state index in [1.54, 1.807) is 6.20 Å². The van der Waals surface area contributed by atoms with E-state index in [1.807, 2.05) is 55.5 Å². The van der Waals surface area contributed by atoms with Crippen LogP contribution >= 0.6 is 0 Å². The number of hydrogen-bond donors (Lipinski definition) is 1. The van der Waals surface area contributed by atoms with E-state index in [0.717, 1.165) is 41.9 Å². The zero-order chi connectivity index (χ0) is 17.2. The number of fused-ring (bicyclic) bond motifs is 1. The van der Waals surface area contributed by atoms with E-state index < -0.39 is 0 Å². The summed E-state index contributed by atoms with van der Waals surface area (Å²) in [6, 6.07) is 15.7. The lowest BCUT2D eigenvalue weighted by Gasteiger charge is -2.18. The molecule has 1 amide bonds. The van der Waals surface area contributed by atoms with Crippen molar-refractivity contribution in [1.29, 1.82) is 0 Å². The third kappa shape index (κ3) is 3.18. The third-order valence-corrected chi connectivity index (χ3v) is 4.60. The summed E-state index contributed by atoms with van der Waals surface area (Å²) < 4.78 is 0. The quantitative estimate of drug-likeness (QED) is 0.801. The van der Waals surface area contributed by atoms with E-state index in [2.05, 4.69) is 20.2 Å². The highest BCUT2D eigenvalue weighted by atomic mass is 16.1. The molecule has 1 aromatic carbocycles. The standard InChI is InChI=1S/C20H20N4O/c1-14-8-9-15-5-4-6-17(19(15)22-14)20(25)23-16-10-12-24(13-16)18-7-2-3-11-21-18/h2-9,11,16H,10,12-13H2,1H3,(H,23,25). The molecule has 1 aliphatic rings. The maximum atomic E-state index is 12.8. The van der Waals surface area contributed by atoms with Gasteiger partial charge in [-0.2, -0.15) is 0 Å². The molecule has 126 valence electrons. The molecule has 1 N–H and O–H groups in total. The second kappa shape index (κ2) is 6.51. The number of pyridine rings is 2. The highest BCUT2D eigenvalue weighted by Gasteiger charge is 2.25. The average Bonchev–Trinajstić information content (AvgIpc) is 3.10. The lowest BCUT2D eigenvalue weighted by Crippen LogP contribution is -2.37. The van der Waals surface area contributed by atoms with Gasteiger partial charge in [-0.3, -0.25) is 9.78 Å². The molecule has 25 heavy (non-hydrogen) atoms. The average molecular weight is 332 g/mol. The summed E-state index contributed by atoms with van der Waals surface area (Å²) in [5, 5.41) is 4.14. The third-order valence-electron chi connectivity index (χ3n) is 4.60. The lowest BCUT2D eigenvalue weighted by atomic mass is 10.1. The predicted octanol–water partition coefficient (Wildman–Crippen LogP) is 2.95. The molecule has 5 heteroatoms. The maximum Gasteiger partial charge on any atom is 0.253 e. The number of para-hydroxylation sites is 1. The van der Waals surface area contributed by atoms with Crippen LogP contribution in [0.1, 0.15) is 22.5 Å². The number of benzene rings is 1. The summed E-state index contributed by atoms with van der Waals surface area (Å²) in [4.78, 5) is 23.9. The van der Waals surface area contributed by atoms with Gasteiger partial charge in [0.25, 0.3) is 5.91 Å². The van der Waals surface area contributed by atoms with Gasteiger partial charge in [-0.1, -0.05) is 24.3 Å². The number of carbonyl (C=O) groups is 1. The van der Waals surface area contributed by atoms with Crippen LogP contribution in [0.2, 0.25) is 0 Å². The molecule has 1 unspecified atom stereocenters. The number of hydrogen-bond acceptors (Lipinski definition) is 4. The van der Waals surface area contributed by atoms with Crippen molar-refractivity contribution in [2.75, 3.05) is 18.0 Å². The van der Waals surface area contributed by atoms with Crippen LogP contribution in [0.25, 0.3) is 10.9 Å². The molecule has 1 fully saturated rings. The minimum atomic E-state index is -0.0587. The zero-order valence-electron chi connectivity index (χ0n) is 14.1. The SMILES string of the molecule is Cc1ccc2cccc(C(=O)NC3CCN(c4ccccn4)C3)c2n1. The van der Waals surface area contributed by atoms with Crippen LogP contribution in [0.15, 0.2) is 54.7 Å². The number of amides is 1. The Hall–Kier alpha value is -2.95. The Morgan fingerprint density at radius 1 is 1.16 bits per heavy atom. The van der Waals surface area contributed by atoms with Crippen LogP contribution in [0.4, 0.5) is 5.82 Å². The second-order valence-corrected chi connectivity index (χ2v) is 6.42. The molecule has 3 aromatic rings. The second-order valence-electron chi connectivity index (χ2n) is 6.42. The van der Waals surface area contributed by atoms with Gasteiger partial charge in [-0.25, -0.2) is 4.98 Å². The van der Waals surface area contributed by atoms with Gasteiger partial charge in [-0.05, 0) is 37.6 Å². The Kier molecular flexibility index (Phi) is 4.06. The van der Waals surface area contributed by atoms with Crippen LogP contribution in [0, 0.1) is 6.92 Å². The smallest absolute Gasteiger partial charge is 0.253 e. The molecule has 0 spiro atoms. The van der Waals surface area contributed by atoms with Crippen molar-refractivity contribution in [3.63, 3.8) is 0 Å². The van der Waals surface area contributed by atoms with E-state index in [1.165, 1.54) is 0 Å². The normalized spacial score (nSPS) is 17.0. The van der Waals surface area contributed by atoms with Crippen molar-refractivity contribution < 1.29 is 4.79 Å². The molecular formula is C20H20N4O. The van der Waals surface area contributed by atoms with Crippen molar-refractivity contribution in [3.8, 4) is 0 Å². The molecule has 2 aromatic heterocycles. The van der Waals surface area contributed by atoms with Crippen molar-refractivity contribution in [2.45, 2.75) is 19.4 Å². The Morgan fingerprint density at radius 3 is 2.92 bits per heavy atom. The summed E-state index contributed by atoms with van der Waals surface area (Å²) in [5.41, 5.74) is 2.31. The predicted molar refractivity (Wildman–Crippen MR) is 98.8 cm³/mol. The largest absolute Gasteiger partial charge is 0.354 e. The molecular weight excluding hydrogens is 312 g/mol. The summed E-state index contributed by atoms with van der Waals surface area (Å²) in [5.74, 6) is 0.901. The first-order chi connectivity index (χ1) is 12.2. The van der Waals surface area contributed by atoms with Crippen LogP contribution in [0.3, 0.4) is 0 Å². The Morgan fingerprint density at radius 2 is 2.08 bits per heavy atom. The first-order valence-electron chi connectivity index (χ1n) is 8.54. The number of carbonyl (C=O) groups excluding carboxylic acids is 1. The van der Waals surface area contributed by atoms with Gasteiger partial charge in [0.2, 0.25) is 0 Å². The number of nitrogens with zero attached hydrogens (tertiary/aromatic N) is 3. The van der Waals surface area contributed by atoms with Gasteiger partial charge in [0.1, 0.15) is 5.82 Å². The Balaban J connectivity index is 1.51. The molecule has 0 saturated carbocycles.